The lowest BCUT2D eigenvalue weighted by atomic mass is 10.1. The van der Waals surface area contributed by atoms with Crippen LogP contribution in [0.3, 0.4) is 0 Å². The standard InChI is InChI=1S/C17H23N3O6S/c1-12(17(23)24)20(9-8-18-13(2)21)27(25,26)15-10-19(11-15)16(22)14-6-4-3-5-7-14/h3-7,12,15H,8-11H2,1-2H3,(H,18,21)(H,23,24). The minimum Gasteiger partial charge on any atom is -0.480 e. The SMILES string of the molecule is CC(=O)NCCN(C(C)C(=O)O)S(=O)(=O)C1CN(C(=O)c2ccccc2)C1. The Morgan fingerprint density at radius 1 is 1.26 bits per heavy atom. The number of benzene rings is 1. The molecule has 1 aliphatic heterocycles. The van der Waals surface area contributed by atoms with Crippen molar-refractivity contribution in [1.82, 2.24) is 14.5 Å². The molecule has 27 heavy (non-hydrogen) atoms. The second-order valence-corrected chi connectivity index (χ2v) is 8.52. The van der Waals surface area contributed by atoms with Gasteiger partial charge in [-0.1, -0.05) is 18.2 Å². The molecule has 0 radical (unpaired) electrons. The van der Waals surface area contributed by atoms with Gasteiger partial charge in [0.05, 0.1) is 0 Å². The summed E-state index contributed by atoms with van der Waals surface area (Å²) in [6.45, 7) is 2.42. The Morgan fingerprint density at radius 3 is 2.37 bits per heavy atom. The number of nitrogens with zero attached hydrogens (tertiary/aromatic N) is 2. The van der Waals surface area contributed by atoms with Crippen LogP contribution in [0.4, 0.5) is 0 Å². The number of likely N-dealkylation sites (tertiary alicyclic amines) is 1. The van der Waals surface area contributed by atoms with Crippen LogP contribution in [0.15, 0.2) is 30.3 Å². The predicted molar refractivity (Wildman–Crippen MR) is 97.5 cm³/mol. The van der Waals surface area contributed by atoms with Crippen LogP contribution < -0.4 is 5.32 Å². The summed E-state index contributed by atoms with van der Waals surface area (Å²) in [6.07, 6.45) is 0. The second kappa shape index (κ2) is 8.49. The molecule has 1 aromatic rings. The number of sulfonamides is 1. The summed E-state index contributed by atoms with van der Waals surface area (Å²) in [5.74, 6) is -1.88. The second-order valence-electron chi connectivity index (χ2n) is 6.35. The molecule has 10 heteroatoms. The van der Waals surface area contributed by atoms with Gasteiger partial charge < -0.3 is 15.3 Å². The van der Waals surface area contributed by atoms with E-state index in [1.165, 1.54) is 18.7 Å². The van der Waals surface area contributed by atoms with E-state index in [1.54, 1.807) is 30.3 Å². The van der Waals surface area contributed by atoms with Crippen molar-refractivity contribution in [2.24, 2.45) is 0 Å². The van der Waals surface area contributed by atoms with Gasteiger partial charge in [0.25, 0.3) is 5.91 Å². The Kier molecular flexibility index (Phi) is 6.55. The van der Waals surface area contributed by atoms with Crippen molar-refractivity contribution in [2.75, 3.05) is 26.2 Å². The Morgan fingerprint density at radius 2 is 1.85 bits per heavy atom. The van der Waals surface area contributed by atoms with E-state index < -0.39 is 27.3 Å². The molecule has 1 fully saturated rings. The number of carbonyl (C=O) groups excluding carboxylic acids is 2. The summed E-state index contributed by atoms with van der Waals surface area (Å²) in [5, 5.41) is 10.8. The van der Waals surface area contributed by atoms with Crippen LogP contribution in [0, 0.1) is 0 Å². The lowest BCUT2D eigenvalue weighted by Gasteiger charge is -2.41. The summed E-state index contributed by atoms with van der Waals surface area (Å²) in [5.41, 5.74) is 0.467. The van der Waals surface area contributed by atoms with Gasteiger partial charge in [-0.15, -0.1) is 0 Å². The Bertz CT molecular complexity index is 805. The summed E-state index contributed by atoms with van der Waals surface area (Å²) in [7, 11) is -3.95. The highest BCUT2D eigenvalue weighted by Gasteiger charge is 2.45. The fraction of sp³-hybridized carbons (Fsp3) is 0.471. The van der Waals surface area contributed by atoms with Gasteiger partial charge in [-0.05, 0) is 19.1 Å². The quantitative estimate of drug-likeness (QED) is 0.623. The zero-order chi connectivity index (χ0) is 20.2. The molecule has 2 amide bonds. The summed E-state index contributed by atoms with van der Waals surface area (Å²) in [4.78, 5) is 36.1. The minimum atomic E-state index is -3.95. The molecular weight excluding hydrogens is 374 g/mol. The molecular formula is C17H23N3O6S. The molecule has 9 nitrogen and oxygen atoms in total. The Labute approximate surface area is 158 Å². The topological polar surface area (TPSA) is 124 Å². The summed E-state index contributed by atoms with van der Waals surface area (Å²) in [6, 6.07) is 7.24. The molecule has 1 aromatic carbocycles. The third-order valence-electron chi connectivity index (χ3n) is 4.40. The molecule has 1 unspecified atom stereocenters. The highest BCUT2D eigenvalue weighted by atomic mass is 32.2. The molecule has 0 bridgehead atoms. The van der Waals surface area contributed by atoms with E-state index in [0.717, 1.165) is 4.31 Å². The number of carboxylic acids is 1. The monoisotopic (exact) mass is 397 g/mol. The van der Waals surface area contributed by atoms with Crippen molar-refractivity contribution in [1.29, 1.82) is 0 Å². The number of carboxylic acid groups (broad SMARTS) is 1. The molecule has 1 heterocycles. The summed E-state index contributed by atoms with van der Waals surface area (Å²) >= 11 is 0. The van der Waals surface area contributed by atoms with Crippen LogP contribution >= 0.6 is 0 Å². The molecule has 2 N–H and O–H groups in total. The molecule has 2 rings (SSSR count). The molecule has 148 valence electrons. The normalized spacial score (nSPS) is 15.9. The first-order chi connectivity index (χ1) is 12.6. The van der Waals surface area contributed by atoms with Crippen molar-refractivity contribution in [3.05, 3.63) is 35.9 Å². The van der Waals surface area contributed by atoms with Gasteiger partial charge in [-0.25, -0.2) is 8.42 Å². The number of carbonyl (C=O) groups is 3. The number of rotatable bonds is 8. The first-order valence-electron chi connectivity index (χ1n) is 8.46. The highest BCUT2D eigenvalue weighted by molar-refractivity contribution is 7.89. The van der Waals surface area contributed by atoms with Crippen molar-refractivity contribution in [3.63, 3.8) is 0 Å². The maximum Gasteiger partial charge on any atom is 0.321 e. The van der Waals surface area contributed by atoms with E-state index in [1.807, 2.05) is 0 Å². The maximum atomic E-state index is 12.9. The average Bonchev–Trinajstić information content (AvgIpc) is 2.56. The van der Waals surface area contributed by atoms with E-state index in [0.29, 0.717) is 5.56 Å². The van der Waals surface area contributed by atoms with Gasteiger partial charge in [0, 0.05) is 38.7 Å². The third kappa shape index (κ3) is 4.83. The molecule has 0 aliphatic carbocycles. The number of aliphatic carboxylic acids is 1. The fourth-order valence-electron chi connectivity index (χ4n) is 2.75. The van der Waals surface area contributed by atoms with Crippen LogP contribution in [-0.4, -0.2) is 78.0 Å². The van der Waals surface area contributed by atoms with Crippen LogP contribution in [0.1, 0.15) is 24.2 Å². The van der Waals surface area contributed by atoms with Crippen LogP contribution in [-0.2, 0) is 19.6 Å². The molecule has 0 spiro atoms. The van der Waals surface area contributed by atoms with Gasteiger partial charge in [0.15, 0.2) is 0 Å². The van der Waals surface area contributed by atoms with Crippen molar-refractivity contribution < 1.29 is 27.9 Å². The predicted octanol–water partition coefficient (Wildman–Crippen LogP) is -0.248. The highest BCUT2D eigenvalue weighted by Crippen LogP contribution is 2.23. The van der Waals surface area contributed by atoms with Gasteiger partial charge in [0.1, 0.15) is 11.3 Å². The van der Waals surface area contributed by atoms with E-state index in [4.69, 9.17) is 0 Å². The zero-order valence-corrected chi connectivity index (χ0v) is 16.0. The van der Waals surface area contributed by atoms with Crippen molar-refractivity contribution in [3.8, 4) is 0 Å². The lowest BCUT2D eigenvalue weighted by Crippen LogP contribution is -2.62. The largest absolute Gasteiger partial charge is 0.480 e. The van der Waals surface area contributed by atoms with Gasteiger partial charge in [0.2, 0.25) is 15.9 Å². The van der Waals surface area contributed by atoms with Crippen molar-refractivity contribution in [2.45, 2.75) is 25.1 Å². The smallest absolute Gasteiger partial charge is 0.321 e. The van der Waals surface area contributed by atoms with Crippen LogP contribution in [0.5, 0.6) is 0 Å². The van der Waals surface area contributed by atoms with Gasteiger partial charge >= 0.3 is 5.97 Å². The number of hydrogen-bond donors (Lipinski definition) is 2. The van der Waals surface area contributed by atoms with E-state index in [-0.39, 0.29) is 38.0 Å². The fourth-order valence-corrected chi connectivity index (χ4v) is 4.75. The Balaban J connectivity index is 2.06. The first kappa shape index (κ1) is 20.8. The number of hydrogen-bond acceptors (Lipinski definition) is 5. The molecule has 0 saturated carbocycles. The van der Waals surface area contributed by atoms with E-state index >= 15 is 0 Å². The minimum absolute atomic E-state index is 0.000955. The zero-order valence-electron chi connectivity index (χ0n) is 15.2. The first-order valence-corrected chi connectivity index (χ1v) is 9.97. The lowest BCUT2D eigenvalue weighted by molar-refractivity contribution is -0.140. The average molecular weight is 397 g/mol. The number of nitrogens with one attached hydrogen (secondary N) is 1. The number of amides is 2. The summed E-state index contributed by atoms with van der Waals surface area (Å²) < 4.78 is 26.6. The van der Waals surface area contributed by atoms with Gasteiger partial charge in [-0.2, -0.15) is 4.31 Å². The molecule has 1 saturated heterocycles. The maximum absolute atomic E-state index is 12.9. The molecule has 1 aliphatic rings. The Hall–Kier alpha value is -2.46. The van der Waals surface area contributed by atoms with Crippen LogP contribution in [0.2, 0.25) is 0 Å². The van der Waals surface area contributed by atoms with Crippen molar-refractivity contribution >= 4 is 27.8 Å². The van der Waals surface area contributed by atoms with E-state index in [2.05, 4.69) is 5.32 Å². The molecule has 0 aromatic heterocycles. The molecule has 1 atom stereocenters. The third-order valence-corrected chi connectivity index (χ3v) is 6.69. The van der Waals surface area contributed by atoms with Crippen LogP contribution in [0.25, 0.3) is 0 Å². The van der Waals surface area contributed by atoms with E-state index in [9.17, 15) is 27.9 Å². The van der Waals surface area contributed by atoms with Gasteiger partial charge in [-0.3, -0.25) is 14.4 Å².